The molecule has 2 aromatic heterocycles. The van der Waals surface area contributed by atoms with Crippen LogP contribution >= 0.6 is 0 Å². The van der Waals surface area contributed by atoms with Crippen LogP contribution in [-0.2, 0) is 4.79 Å². The first-order valence-corrected chi connectivity index (χ1v) is 14.2. The van der Waals surface area contributed by atoms with Crippen molar-refractivity contribution in [2.24, 2.45) is 0 Å². The second-order valence-electron chi connectivity index (χ2n) is 10.6. The summed E-state index contributed by atoms with van der Waals surface area (Å²) in [5, 5.41) is 9.25. The van der Waals surface area contributed by atoms with E-state index in [-0.39, 0.29) is 11.9 Å². The predicted molar refractivity (Wildman–Crippen MR) is 156 cm³/mol. The van der Waals surface area contributed by atoms with Gasteiger partial charge in [0.2, 0.25) is 5.91 Å². The number of anilines is 1. The van der Waals surface area contributed by atoms with E-state index < -0.39 is 0 Å². The number of hydrogen-bond acceptors (Lipinski definition) is 7. The summed E-state index contributed by atoms with van der Waals surface area (Å²) in [4.78, 5) is 23.7. The number of carbonyl (C=O) groups is 1. The number of para-hydroxylation sites is 1. The summed E-state index contributed by atoms with van der Waals surface area (Å²) in [6.45, 7) is 2.04. The zero-order valence-electron chi connectivity index (χ0n) is 22.6. The van der Waals surface area contributed by atoms with Crippen LogP contribution in [0.15, 0.2) is 73.1 Å². The van der Waals surface area contributed by atoms with E-state index in [1.54, 1.807) is 6.08 Å². The largest absolute Gasteiger partial charge is 0.457 e. The van der Waals surface area contributed by atoms with Gasteiger partial charge in [-0.15, -0.1) is 0 Å². The highest BCUT2D eigenvalue weighted by Gasteiger charge is 2.28. The van der Waals surface area contributed by atoms with E-state index in [9.17, 15) is 4.79 Å². The first kappa shape index (κ1) is 26.0. The molecule has 2 aromatic carbocycles. The number of hydrogen-bond donors (Lipinski definition) is 2. The zero-order chi connectivity index (χ0) is 27.3. The number of benzene rings is 2. The molecule has 40 heavy (non-hydrogen) atoms. The van der Waals surface area contributed by atoms with Crippen molar-refractivity contribution in [3.8, 4) is 22.8 Å². The molecule has 0 radical (unpaired) electrons. The third-order valence-electron chi connectivity index (χ3n) is 7.82. The Morgan fingerprint density at radius 1 is 1.00 bits per heavy atom. The van der Waals surface area contributed by atoms with Gasteiger partial charge in [0, 0.05) is 37.3 Å². The third kappa shape index (κ3) is 5.70. The highest BCUT2D eigenvalue weighted by Crippen LogP contribution is 2.35. The van der Waals surface area contributed by atoms with Crippen molar-refractivity contribution in [1.29, 1.82) is 0 Å². The molecule has 3 heterocycles. The van der Waals surface area contributed by atoms with E-state index in [0.717, 1.165) is 54.1 Å². The van der Waals surface area contributed by atoms with Gasteiger partial charge in [-0.2, -0.15) is 5.10 Å². The quantitative estimate of drug-likeness (QED) is 0.300. The molecule has 2 fully saturated rings. The molecule has 1 aliphatic carbocycles. The number of piperidine rings is 1. The van der Waals surface area contributed by atoms with Crippen LogP contribution in [0, 0.1) is 0 Å². The monoisotopic (exact) mass is 537 g/mol. The molecule has 2 aliphatic rings. The van der Waals surface area contributed by atoms with Crippen molar-refractivity contribution in [2.75, 3.05) is 25.4 Å². The Labute approximate surface area is 234 Å². The smallest absolute Gasteiger partial charge is 0.246 e. The third-order valence-corrected chi connectivity index (χ3v) is 7.82. The van der Waals surface area contributed by atoms with Gasteiger partial charge in [-0.3, -0.25) is 4.79 Å². The Kier molecular flexibility index (Phi) is 7.72. The van der Waals surface area contributed by atoms with Gasteiger partial charge in [-0.1, -0.05) is 37.1 Å². The van der Waals surface area contributed by atoms with Crippen LogP contribution in [0.1, 0.15) is 44.6 Å². The minimum Gasteiger partial charge on any atom is -0.457 e. The number of nitrogens with one attached hydrogen (secondary N) is 1. The molecule has 1 unspecified atom stereocenters. The lowest BCUT2D eigenvalue weighted by atomic mass is 10.1. The van der Waals surface area contributed by atoms with Gasteiger partial charge < -0.3 is 20.7 Å². The number of ether oxygens (including phenoxy) is 1. The maximum atomic E-state index is 13.0. The number of carbonyl (C=O) groups excluding carboxylic acids is 1. The molecule has 1 atom stereocenters. The summed E-state index contributed by atoms with van der Waals surface area (Å²) in [5.41, 5.74) is 8.65. The van der Waals surface area contributed by atoms with E-state index in [2.05, 4.69) is 15.3 Å². The molecular formula is C31H35N7O2. The summed E-state index contributed by atoms with van der Waals surface area (Å²) in [5.74, 6) is 1.94. The number of likely N-dealkylation sites (tertiary alicyclic amines) is 1. The van der Waals surface area contributed by atoms with Crippen LogP contribution in [0.2, 0.25) is 0 Å². The molecule has 1 aliphatic heterocycles. The molecule has 9 nitrogen and oxygen atoms in total. The lowest BCUT2D eigenvalue weighted by molar-refractivity contribution is -0.127. The van der Waals surface area contributed by atoms with Crippen LogP contribution in [0.5, 0.6) is 11.5 Å². The number of nitrogens with two attached hydrogens (primary N) is 1. The maximum Gasteiger partial charge on any atom is 0.246 e. The fourth-order valence-corrected chi connectivity index (χ4v) is 5.74. The predicted octanol–water partition coefficient (Wildman–Crippen LogP) is 5.12. The first-order valence-electron chi connectivity index (χ1n) is 14.2. The molecule has 9 heteroatoms. The van der Waals surface area contributed by atoms with E-state index in [1.807, 2.05) is 70.3 Å². The van der Waals surface area contributed by atoms with E-state index in [0.29, 0.717) is 24.1 Å². The topological polar surface area (TPSA) is 111 Å². The van der Waals surface area contributed by atoms with Crippen LogP contribution in [0.3, 0.4) is 0 Å². The van der Waals surface area contributed by atoms with E-state index >= 15 is 0 Å². The molecule has 1 saturated carbocycles. The van der Waals surface area contributed by atoms with Gasteiger partial charge in [0.05, 0.1) is 11.4 Å². The van der Waals surface area contributed by atoms with Gasteiger partial charge in [0.15, 0.2) is 5.65 Å². The van der Waals surface area contributed by atoms with Crippen molar-refractivity contribution >= 4 is 22.8 Å². The van der Waals surface area contributed by atoms with Gasteiger partial charge in [-0.05, 0) is 62.1 Å². The summed E-state index contributed by atoms with van der Waals surface area (Å²) < 4.78 is 7.89. The van der Waals surface area contributed by atoms with Crippen molar-refractivity contribution in [3.63, 3.8) is 0 Å². The fourth-order valence-electron chi connectivity index (χ4n) is 5.74. The second kappa shape index (κ2) is 11.9. The highest BCUT2D eigenvalue weighted by molar-refractivity contribution is 5.98. The van der Waals surface area contributed by atoms with Crippen molar-refractivity contribution < 1.29 is 9.53 Å². The Bertz CT molecular complexity index is 1480. The molecule has 206 valence electrons. The van der Waals surface area contributed by atoms with Crippen molar-refractivity contribution in [3.05, 3.63) is 73.1 Å². The summed E-state index contributed by atoms with van der Waals surface area (Å²) in [7, 11) is 0. The Balaban J connectivity index is 1.20. The van der Waals surface area contributed by atoms with Gasteiger partial charge in [0.1, 0.15) is 29.3 Å². The van der Waals surface area contributed by atoms with Crippen LogP contribution in [-0.4, -0.2) is 56.2 Å². The lowest BCUT2D eigenvalue weighted by Gasteiger charge is -2.32. The lowest BCUT2D eigenvalue weighted by Crippen LogP contribution is -2.40. The number of nitrogens with zero attached hydrogens (tertiary/aromatic N) is 5. The number of aromatic nitrogens is 4. The molecule has 0 bridgehead atoms. The number of fused-ring (bicyclic) bond motifs is 1. The van der Waals surface area contributed by atoms with Crippen LogP contribution in [0.25, 0.3) is 22.3 Å². The second-order valence-corrected chi connectivity index (χ2v) is 10.6. The minimum absolute atomic E-state index is 0.00560. The van der Waals surface area contributed by atoms with Gasteiger partial charge in [-0.25, -0.2) is 14.6 Å². The molecule has 0 spiro atoms. The SMILES string of the molecule is Nc1ncnc2c1c(-c1ccc(Oc3ccccc3)cc1)nn2C1CCCN(C(=O)/C=C/CNC2CCCC2)C1. The molecule has 1 amide bonds. The van der Waals surface area contributed by atoms with Gasteiger partial charge >= 0.3 is 0 Å². The van der Waals surface area contributed by atoms with E-state index in [4.69, 9.17) is 15.6 Å². The Morgan fingerprint density at radius 3 is 2.58 bits per heavy atom. The molecule has 4 aromatic rings. The zero-order valence-corrected chi connectivity index (χ0v) is 22.6. The van der Waals surface area contributed by atoms with E-state index in [1.165, 1.54) is 32.0 Å². The van der Waals surface area contributed by atoms with Crippen molar-refractivity contribution in [2.45, 2.75) is 50.6 Å². The summed E-state index contributed by atoms with van der Waals surface area (Å²) in [6, 6.07) is 18.0. The Hall–Kier alpha value is -4.24. The summed E-state index contributed by atoms with van der Waals surface area (Å²) in [6.07, 6.45) is 12.0. The Morgan fingerprint density at radius 2 is 1.77 bits per heavy atom. The number of rotatable bonds is 8. The maximum absolute atomic E-state index is 13.0. The molecule has 1 saturated heterocycles. The molecule has 6 rings (SSSR count). The average molecular weight is 538 g/mol. The van der Waals surface area contributed by atoms with Gasteiger partial charge in [0.25, 0.3) is 0 Å². The normalized spacial score (nSPS) is 18.1. The first-order chi connectivity index (χ1) is 19.7. The van der Waals surface area contributed by atoms with Crippen molar-refractivity contribution in [1.82, 2.24) is 30.0 Å². The standard InChI is InChI=1S/C31H35N7O2/c32-30-28-29(22-14-16-26(17-15-22)40-25-11-2-1-3-12-25)36-38(31(28)35-21-34-30)24-10-7-19-37(20-24)27(39)13-6-18-33-23-8-4-5-9-23/h1-3,6,11-17,21,23-24,33H,4-5,7-10,18-20H2,(H2,32,34,35)/b13-6+. The van der Waals surface area contributed by atoms with Crippen LogP contribution in [0.4, 0.5) is 5.82 Å². The number of nitrogen functional groups attached to an aromatic ring is 1. The van der Waals surface area contributed by atoms with Crippen LogP contribution < -0.4 is 15.8 Å². The number of amides is 1. The molecular weight excluding hydrogens is 502 g/mol. The average Bonchev–Trinajstić information content (AvgIpc) is 3.65. The summed E-state index contributed by atoms with van der Waals surface area (Å²) >= 11 is 0. The highest BCUT2D eigenvalue weighted by atomic mass is 16.5. The minimum atomic E-state index is -0.00560. The fraction of sp³-hybridized carbons (Fsp3) is 0.355. The molecule has 3 N–H and O–H groups in total.